The Hall–Kier alpha value is -3.18. The summed E-state index contributed by atoms with van der Waals surface area (Å²) >= 11 is 3.41. The Kier molecular flexibility index (Phi) is 5.35. The fourth-order valence-corrected chi connectivity index (χ4v) is 3.58. The Bertz CT molecular complexity index is 1130. The molecule has 1 amide bonds. The van der Waals surface area contributed by atoms with Crippen LogP contribution in [0.15, 0.2) is 88.4 Å². The Morgan fingerprint density at radius 2 is 1.57 bits per heavy atom. The maximum absolute atomic E-state index is 12.1. The van der Waals surface area contributed by atoms with Crippen LogP contribution < -0.4 is 10.7 Å². The van der Waals surface area contributed by atoms with Gasteiger partial charge in [-0.3, -0.25) is 4.79 Å². The summed E-state index contributed by atoms with van der Waals surface area (Å²) in [6, 6.07) is 26.2. The molecule has 0 saturated carbocycles. The SMILES string of the molecule is O=C(CNc1cccc(Br)c1)N/N=C\c1c2ccccc2cc2ccccc12. The number of hydrogen-bond donors (Lipinski definition) is 2. The maximum atomic E-state index is 12.1. The molecule has 0 heterocycles. The molecular weight excluding hydrogens is 414 g/mol. The van der Waals surface area contributed by atoms with Crippen LogP contribution in [0.3, 0.4) is 0 Å². The minimum Gasteiger partial charge on any atom is -0.376 e. The molecule has 4 rings (SSSR count). The number of carbonyl (C=O) groups excluding carboxylic acids is 1. The topological polar surface area (TPSA) is 53.5 Å². The van der Waals surface area contributed by atoms with Crippen LogP contribution in [0, 0.1) is 0 Å². The third-order valence-corrected chi connectivity index (χ3v) is 4.97. The van der Waals surface area contributed by atoms with Gasteiger partial charge in [0.1, 0.15) is 0 Å². The average molecular weight is 432 g/mol. The fraction of sp³-hybridized carbons (Fsp3) is 0.0435. The van der Waals surface area contributed by atoms with Crippen LogP contribution in [0.2, 0.25) is 0 Å². The molecule has 0 aliphatic carbocycles. The van der Waals surface area contributed by atoms with E-state index in [1.165, 1.54) is 0 Å². The van der Waals surface area contributed by atoms with E-state index in [1.54, 1.807) is 6.21 Å². The summed E-state index contributed by atoms with van der Waals surface area (Å²) in [6.45, 7) is 0.143. The molecule has 0 aliphatic heterocycles. The van der Waals surface area contributed by atoms with Gasteiger partial charge in [-0.1, -0.05) is 70.5 Å². The third-order valence-electron chi connectivity index (χ3n) is 4.47. The summed E-state index contributed by atoms with van der Waals surface area (Å²) in [7, 11) is 0. The largest absolute Gasteiger partial charge is 0.376 e. The van der Waals surface area contributed by atoms with Crippen LogP contribution in [-0.2, 0) is 4.79 Å². The highest BCUT2D eigenvalue weighted by atomic mass is 79.9. The smallest absolute Gasteiger partial charge is 0.259 e. The zero-order chi connectivity index (χ0) is 19.3. The van der Waals surface area contributed by atoms with E-state index in [1.807, 2.05) is 48.5 Å². The second-order valence-corrected chi connectivity index (χ2v) is 7.31. The highest BCUT2D eigenvalue weighted by Gasteiger charge is 2.06. The van der Waals surface area contributed by atoms with E-state index >= 15 is 0 Å². The summed E-state index contributed by atoms with van der Waals surface area (Å²) < 4.78 is 0.957. The first-order valence-electron chi connectivity index (χ1n) is 8.92. The molecule has 0 atom stereocenters. The molecule has 2 N–H and O–H groups in total. The molecule has 4 aromatic rings. The number of benzene rings is 4. The quantitative estimate of drug-likeness (QED) is 0.255. The molecule has 138 valence electrons. The number of carbonyl (C=O) groups is 1. The van der Waals surface area contributed by atoms with Gasteiger partial charge in [0.2, 0.25) is 0 Å². The lowest BCUT2D eigenvalue weighted by molar-refractivity contribution is -0.119. The molecule has 5 heteroatoms. The number of amides is 1. The van der Waals surface area contributed by atoms with E-state index in [2.05, 4.69) is 62.1 Å². The summed E-state index contributed by atoms with van der Waals surface area (Å²) in [5.41, 5.74) is 4.47. The Labute approximate surface area is 171 Å². The standard InChI is InChI=1S/C23H18BrN3O/c24-18-8-5-9-19(13-18)25-15-23(28)27-26-14-22-20-10-3-1-6-16(20)12-17-7-2-4-11-21(17)22/h1-14,25H,15H2,(H,27,28)/b26-14-. The summed E-state index contributed by atoms with van der Waals surface area (Å²) in [6.07, 6.45) is 1.72. The second kappa shape index (κ2) is 8.23. The zero-order valence-electron chi connectivity index (χ0n) is 15.0. The minimum absolute atomic E-state index is 0.143. The van der Waals surface area contributed by atoms with Gasteiger partial charge in [-0.25, -0.2) is 5.43 Å². The van der Waals surface area contributed by atoms with Gasteiger partial charge in [-0.2, -0.15) is 5.10 Å². The maximum Gasteiger partial charge on any atom is 0.259 e. The van der Waals surface area contributed by atoms with Crippen molar-refractivity contribution in [3.63, 3.8) is 0 Å². The third kappa shape index (κ3) is 4.05. The Morgan fingerprint density at radius 1 is 0.893 bits per heavy atom. The molecule has 4 nitrogen and oxygen atoms in total. The van der Waals surface area contributed by atoms with E-state index in [0.29, 0.717) is 0 Å². The van der Waals surface area contributed by atoms with Crippen molar-refractivity contribution in [1.82, 2.24) is 5.43 Å². The van der Waals surface area contributed by atoms with Crippen molar-refractivity contribution >= 4 is 55.3 Å². The summed E-state index contributed by atoms with van der Waals surface area (Å²) in [5.74, 6) is -0.208. The van der Waals surface area contributed by atoms with E-state index in [9.17, 15) is 4.79 Å². The van der Waals surface area contributed by atoms with Crippen LogP contribution in [0.1, 0.15) is 5.56 Å². The van der Waals surface area contributed by atoms with Gasteiger partial charge in [0.25, 0.3) is 5.91 Å². The van der Waals surface area contributed by atoms with Crippen LogP contribution in [-0.4, -0.2) is 18.7 Å². The highest BCUT2D eigenvalue weighted by molar-refractivity contribution is 9.10. The number of nitrogens with zero attached hydrogens (tertiary/aromatic N) is 1. The average Bonchev–Trinajstić information content (AvgIpc) is 2.72. The number of fused-ring (bicyclic) bond motifs is 2. The normalized spacial score (nSPS) is 11.2. The monoisotopic (exact) mass is 431 g/mol. The molecule has 0 bridgehead atoms. The molecule has 0 aliphatic rings. The molecule has 0 radical (unpaired) electrons. The summed E-state index contributed by atoms with van der Waals surface area (Å²) in [5, 5.41) is 11.8. The van der Waals surface area contributed by atoms with Crippen LogP contribution in [0.5, 0.6) is 0 Å². The van der Waals surface area contributed by atoms with Gasteiger partial charge >= 0.3 is 0 Å². The van der Waals surface area contributed by atoms with E-state index < -0.39 is 0 Å². The van der Waals surface area contributed by atoms with E-state index in [0.717, 1.165) is 37.3 Å². The van der Waals surface area contributed by atoms with Gasteiger partial charge in [-0.15, -0.1) is 0 Å². The predicted octanol–water partition coefficient (Wildman–Crippen LogP) is 5.32. The van der Waals surface area contributed by atoms with Gasteiger partial charge < -0.3 is 5.32 Å². The Balaban J connectivity index is 1.52. The van der Waals surface area contributed by atoms with Gasteiger partial charge in [0.05, 0.1) is 12.8 Å². The number of rotatable bonds is 5. The molecule has 0 fully saturated rings. The van der Waals surface area contributed by atoms with Crippen LogP contribution in [0.25, 0.3) is 21.5 Å². The zero-order valence-corrected chi connectivity index (χ0v) is 16.6. The lowest BCUT2D eigenvalue weighted by Gasteiger charge is -2.08. The van der Waals surface area contributed by atoms with Gasteiger partial charge in [0, 0.05) is 15.7 Å². The number of hydrazone groups is 1. The number of nitrogens with one attached hydrogen (secondary N) is 2. The van der Waals surface area contributed by atoms with Crippen molar-refractivity contribution in [3.05, 3.63) is 88.9 Å². The van der Waals surface area contributed by atoms with Crippen molar-refractivity contribution in [3.8, 4) is 0 Å². The molecule has 0 unspecified atom stereocenters. The first-order chi connectivity index (χ1) is 13.7. The van der Waals surface area contributed by atoms with Crippen molar-refractivity contribution in [1.29, 1.82) is 0 Å². The first-order valence-corrected chi connectivity index (χ1v) is 9.72. The van der Waals surface area contributed by atoms with Crippen molar-refractivity contribution in [2.75, 3.05) is 11.9 Å². The van der Waals surface area contributed by atoms with E-state index in [4.69, 9.17) is 0 Å². The number of halogens is 1. The molecule has 0 saturated heterocycles. The molecule has 4 aromatic carbocycles. The number of hydrogen-bond acceptors (Lipinski definition) is 3. The van der Waals surface area contributed by atoms with Crippen LogP contribution in [0.4, 0.5) is 5.69 Å². The first kappa shape index (κ1) is 18.2. The Morgan fingerprint density at radius 3 is 2.25 bits per heavy atom. The van der Waals surface area contributed by atoms with Crippen LogP contribution >= 0.6 is 15.9 Å². The fourth-order valence-electron chi connectivity index (χ4n) is 3.18. The minimum atomic E-state index is -0.208. The summed E-state index contributed by atoms with van der Waals surface area (Å²) in [4.78, 5) is 12.1. The van der Waals surface area contributed by atoms with Crippen molar-refractivity contribution in [2.45, 2.75) is 0 Å². The lowest BCUT2D eigenvalue weighted by atomic mass is 9.97. The van der Waals surface area contributed by atoms with E-state index in [-0.39, 0.29) is 12.5 Å². The second-order valence-electron chi connectivity index (χ2n) is 6.39. The van der Waals surface area contributed by atoms with Crippen molar-refractivity contribution in [2.24, 2.45) is 5.10 Å². The van der Waals surface area contributed by atoms with Gasteiger partial charge in [0.15, 0.2) is 0 Å². The molecule has 28 heavy (non-hydrogen) atoms. The molecule has 0 aromatic heterocycles. The lowest BCUT2D eigenvalue weighted by Crippen LogP contribution is -2.25. The van der Waals surface area contributed by atoms with Crippen molar-refractivity contribution < 1.29 is 4.79 Å². The predicted molar refractivity (Wildman–Crippen MR) is 120 cm³/mol. The molecule has 0 spiro atoms. The highest BCUT2D eigenvalue weighted by Crippen LogP contribution is 2.27. The number of anilines is 1. The molecular formula is C23H18BrN3O. The van der Waals surface area contributed by atoms with Gasteiger partial charge in [-0.05, 0) is 45.8 Å².